The van der Waals surface area contributed by atoms with Crippen molar-refractivity contribution in [2.24, 2.45) is 0 Å². The third-order valence-electron chi connectivity index (χ3n) is 3.34. The van der Waals surface area contributed by atoms with Crippen LogP contribution >= 0.6 is 0 Å². The Morgan fingerprint density at radius 3 is 2.67 bits per heavy atom. The van der Waals surface area contributed by atoms with Crippen LogP contribution in [0, 0.1) is 0 Å². The molecule has 1 atom stereocenters. The van der Waals surface area contributed by atoms with Crippen molar-refractivity contribution in [3.8, 4) is 0 Å². The number of rotatable bonds is 4. The molecule has 1 aromatic carbocycles. The summed E-state index contributed by atoms with van der Waals surface area (Å²) in [6.07, 6.45) is -6.16. The summed E-state index contributed by atoms with van der Waals surface area (Å²) in [7, 11) is 0. The number of carbonyl (C=O) groups excluding carboxylic acids is 2. The van der Waals surface area contributed by atoms with Crippen LogP contribution < -0.4 is 5.32 Å². The SMILES string of the molecule is O=C(NCC(=O)N1CCO[C@@H](c2ccccc2)C1)OCC(F)(F)F. The van der Waals surface area contributed by atoms with E-state index in [4.69, 9.17) is 4.74 Å². The van der Waals surface area contributed by atoms with Crippen molar-refractivity contribution in [2.75, 3.05) is 32.8 Å². The van der Waals surface area contributed by atoms with E-state index in [1.807, 2.05) is 35.6 Å². The normalized spacial score (nSPS) is 18.1. The first-order valence-electron chi connectivity index (χ1n) is 7.27. The molecule has 6 nitrogen and oxygen atoms in total. The number of hydrogen-bond donors (Lipinski definition) is 1. The van der Waals surface area contributed by atoms with Crippen molar-refractivity contribution in [1.82, 2.24) is 10.2 Å². The van der Waals surface area contributed by atoms with Gasteiger partial charge in [-0.05, 0) is 5.56 Å². The molecule has 1 aliphatic rings. The van der Waals surface area contributed by atoms with Gasteiger partial charge >= 0.3 is 12.3 Å². The standard InChI is InChI=1S/C15H17F3N2O4/c16-15(17,18)10-24-14(22)19-8-13(21)20-6-7-23-12(9-20)11-4-2-1-3-5-11/h1-5,12H,6-10H2,(H,19,22)/t12-/m1/s1. The largest absolute Gasteiger partial charge is 0.440 e. The molecule has 1 saturated heterocycles. The maximum atomic E-state index is 12.1. The van der Waals surface area contributed by atoms with E-state index >= 15 is 0 Å². The fraction of sp³-hybridized carbons (Fsp3) is 0.467. The molecule has 1 aliphatic heterocycles. The smallest absolute Gasteiger partial charge is 0.422 e. The summed E-state index contributed by atoms with van der Waals surface area (Å²) < 4.78 is 45.3. The van der Waals surface area contributed by atoms with Gasteiger partial charge in [-0.15, -0.1) is 0 Å². The van der Waals surface area contributed by atoms with E-state index in [2.05, 4.69) is 4.74 Å². The third-order valence-corrected chi connectivity index (χ3v) is 3.34. The van der Waals surface area contributed by atoms with Crippen LogP contribution in [0.4, 0.5) is 18.0 Å². The topological polar surface area (TPSA) is 67.9 Å². The molecule has 1 heterocycles. The lowest BCUT2D eigenvalue weighted by atomic mass is 10.1. The van der Waals surface area contributed by atoms with Crippen molar-refractivity contribution in [1.29, 1.82) is 0 Å². The van der Waals surface area contributed by atoms with Gasteiger partial charge in [-0.1, -0.05) is 30.3 Å². The van der Waals surface area contributed by atoms with Crippen molar-refractivity contribution in [3.63, 3.8) is 0 Å². The molecule has 2 rings (SSSR count). The number of carbonyl (C=O) groups is 2. The van der Waals surface area contributed by atoms with Crippen LogP contribution in [-0.2, 0) is 14.3 Å². The summed E-state index contributed by atoms with van der Waals surface area (Å²) in [5.74, 6) is -0.414. The zero-order chi connectivity index (χ0) is 17.6. The molecular weight excluding hydrogens is 329 g/mol. The van der Waals surface area contributed by atoms with Crippen LogP contribution in [0.1, 0.15) is 11.7 Å². The first kappa shape index (κ1) is 18.1. The van der Waals surface area contributed by atoms with Gasteiger partial charge in [-0.25, -0.2) is 4.79 Å². The summed E-state index contributed by atoms with van der Waals surface area (Å²) in [4.78, 5) is 24.7. The van der Waals surface area contributed by atoms with Crippen LogP contribution in [0.5, 0.6) is 0 Å². The second kappa shape index (κ2) is 8.00. The number of hydrogen-bond acceptors (Lipinski definition) is 4. The van der Waals surface area contributed by atoms with Crippen LogP contribution in [-0.4, -0.2) is 55.9 Å². The minimum Gasteiger partial charge on any atom is -0.440 e. The monoisotopic (exact) mass is 346 g/mol. The number of alkyl halides is 3. The average molecular weight is 346 g/mol. The Kier molecular flexibility index (Phi) is 6.02. The van der Waals surface area contributed by atoms with Gasteiger partial charge in [0.25, 0.3) is 0 Å². The summed E-state index contributed by atoms with van der Waals surface area (Å²) in [6, 6.07) is 9.35. The molecule has 0 aromatic heterocycles. The summed E-state index contributed by atoms with van der Waals surface area (Å²) in [5, 5.41) is 2.01. The first-order valence-corrected chi connectivity index (χ1v) is 7.27. The highest BCUT2D eigenvalue weighted by Gasteiger charge is 2.30. The Morgan fingerprint density at radius 1 is 1.29 bits per heavy atom. The molecule has 0 bridgehead atoms. The molecule has 132 valence electrons. The highest BCUT2D eigenvalue weighted by atomic mass is 19.4. The van der Waals surface area contributed by atoms with Gasteiger partial charge in [0.05, 0.1) is 13.2 Å². The number of alkyl carbamates (subject to hydrolysis) is 1. The van der Waals surface area contributed by atoms with Gasteiger partial charge in [0.1, 0.15) is 12.6 Å². The second-order valence-electron chi connectivity index (χ2n) is 5.15. The molecule has 0 aliphatic carbocycles. The van der Waals surface area contributed by atoms with Crippen molar-refractivity contribution in [3.05, 3.63) is 35.9 Å². The summed E-state index contributed by atoms with van der Waals surface area (Å²) >= 11 is 0. The molecule has 1 N–H and O–H groups in total. The van der Waals surface area contributed by atoms with Gasteiger partial charge in [0.2, 0.25) is 5.91 Å². The van der Waals surface area contributed by atoms with Crippen molar-refractivity contribution in [2.45, 2.75) is 12.3 Å². The molecule has 1 fully saturated rings. The Bertz CT molecular complexity index is 566. The van der Waals surface area contributed by atoms with E-state index < -0.39 is 31.3 Å². The van der Waals surface area contributed by atoms with Crippen molar-refractivity contribution < 1.29 is 32.2 Å². The van der Waals surface area contributed by atoms with Gasteiger partial charge < -0.3 is 19.7 Å². The molecule has 0 unspecified atom stereocenters. The highest BCUT2D eigenvalue weighted by molar-refractivity contribution is 5.82. The summed E-state index contributed by atoms with van der Waals surface area (Å²) in [5.41, 5.74) is 0.924. The number of benzene rings is 1. The predicted molar refractivity (Wildman–Crippen MR) is 77.1 cm³/mol. The number of nitrogens with one attached hydrogen (secondary N) is 1. The van der Waals surface area contributed by atoms with E-state index in [0.717, 1.165) is 5.56 Å². The van der Waals surface area contributed by atoms with Gasteiger partial charge in [-0.2, -0.15) is 13.2 Å². The van der Waals surface area contributed by atoms with Crippen LogP contribution in [0.25, 0.3) is 0 Å². The van der Waals surface area contributed by atoms with E-state index in [9.17, 15) is 22.8 Å². The molecule has 0 saturated carbocycles. The molecule has 2 amide bonds. The lowest BCUT2D eigenvalue weighted by Gasteiger charge is -2.33. The Hall–Kier alpha value is -2.29. The number of nitrogens with zero attached hydrogens (tertiary/aromatic N) is 1. The van der Waals surface area contributed by atoms with Crippen LogP contribution in [0.3, 0.4) is 0 Å². The quantitative estimate of drug-likeness (QED) is 0.904. The molecule has 1 aromatic rings. The zero-order valence-electron chi connectivity index (χ0n) is 12.7. The minimum atomic E-state index is -4.60. The van der Waals surface area contributed by atoms with E-state index in [0.29, 0.717) is 19.7 Å². The summed E-state index contributed by atoms with van der Waals surface area (Å²) in [6.45, 7) is -1.13. The van der Waals surface area contributed by atoms with E-state index in [1.54, 1.807) is 0 Å². The number of halogens is 3. The molecule has 9 heteroatoms. The fourth-order valence-corrected chi connectivity index (χ4v) is 2.20. The van der Waals surface area contributed by atoms with Crippen molar-refractivity contribution >= 4 is 12.0 Å². The lowest BCUT2D eigenvalue weighted by molar-refractivity contribution is -0.160. The number of ether oxygens (including phenoxy) is 2. The fourth-order valence-electron chi connectivity index (χ4n) is 2.20. The van der Waals surface area contributed by atoms with Crippen LogP contribution in [0.15, 0.2) is 30.3 Å². The van der Waals surface area contributed by atoms with Gasteiger partial charge in [0.15, 0.2) is 6.61 Å². The minimum absolute atomic E-state index is 0.277. The van der Waals surface area contributed by atoms with Gasteiger partial charge in [0, 0.05) is 6.54 Å². The predicted octanol–water partition coefficient (Wildman–Crippen LogP) is 1.87. The number of amides is 2. The van der Waals surface area contributed by atoms with E-state index in [1.165, 1.54) is 4.90 Å². The molecule has 24 heavy (non-hydrogen) atoms. The highest BCUT2D eigenvalue weighted by Crippen LogP contribution is 2.21. The third kappa shape index (κ3) is 5.73. The second-order valence-corrected chi connectivity index (χ2v) is 5.15. The van der Waals surface area contributed by atoms with Gasteiger partial charge in [-0.3, -0.25) is 4.79 Å². The first-order chi connectivity index (χ1) is 11.3. The Morgan fingerprint density at radius 2 is 2.00 bits per heavy atom. The Labute approximate surface area is 136 Å². The number of morpholine rings is 1. The van der Waals surface area contributed by atoms with Crippen LogP contribution in [0.2, 0.25) is 0 Å². The molecule has 0 spiro atoms. The zero-order valence-corrected chi connectivity index (χ0v) is 12.7. The molecular formula is C15H17F3N2O4. The average Bonchev–Trinajstić information content (AvgIpc) is 2.58. The Balaban J connectivity index is 1.79. The maximum Gasteiger partial charge on any atom is 0.422 e. The van der Waals surface area contributed by atoms with E-state index in [-0.39, 0.29) is 6.10 Å². The molecule has 0 radical (unpaired) electrons. The maximum absolute atomic E-state index is 12.1. The lowest BCUT2D eigenvalue weighted by Crippen LogP contribution is -2.46.